The molecular formula is C24H22ClF3N4O. The second-order valence-electron chi connectivity index (χ2n) is 8.30. The van der Waals surface area contributed by atoms with Crippen molar-refractivity contribution in [1.29, 1.82) is 0 Å². The molecule has 9 heteroatoms. The Balaban J connectivity index is 1.40. The number of benzene rings is 2. The molecule has 5 nitrogen and oxygen atoms in total. The maximum Gasteiger partial charge on any atom is 0.416 e. The Morgan fingerprint density at radius 1 is 0.970 bits per heavy atom. The van der Waals surface area contributed by atoms with Gasteiger partial charge in [-0.25, -0.2) is 9.97 Å². The summed E-state index contributed by atoms with van der Waals surface area (Å²) in [5.41, 5.74) is 2.20. The van der Waals surface area contributed by atoms with E-state index in [0.29, 0.717) is 42.4 Å². The molecule has 2 aliphatic heterocycles. The molecular weight excluding hydrogens is 453 g/mol. The van der Waals surface area contributed by atoms with E-state index in [4.69, 9.17) is 16.3 Å². The van der Waals surface area contributed by atoms with Crippen molar-refractivity contribution in [3.05, 3.63) is 70.6 Å². The molecule has 1 saturated heterocycles. The number of ether oxygens (including phenoxy) is 1. The van der Waals surface area contributed by atoms with Crippen molar-refractivity contribution in [3.63, 3.8) is 0 Å². The highest BCUT2D eigenvalue weighted by Gasteiger charge is 2.35. The fourth-order valence-electron chi connectivity index (χ4n) is 4.52. The molecule has 0 radical (unpaired) electrons. The largest absolute Gasteiger partial charge is 0.439 e. The first-order chi connectivity index (χ1) is 15.9. The molecule has 2 aliphatic rings. The summed E-state index contributed by atoms with van der Waals surface area (Å²) in [6.07, 6.45) is -0.295. The summed E-state index contributed by atoms with van der Waals surface area (Å²) in [7, 11) is 0. The van der Waals surface area contributed by atoms with Crippen LogP contribution in [0.3, 0.4) is 0 Å². The molecule has 0 unspecified atom stereocenters. The number of rotatable bonds is 5. The highest BCUT2D eigenvalue weighted by Crippen LogP contribution is 2.41. The number of aromatic nitrogens is 2. The summed E-state index contributed by atoms with van der Waals surface area (Å²) >= 11 is 5.87. The third kappa shape index (κ3) is 4.77. The van der Waals surface area contributed by atoms with Gasteiger partial charge in [-0.2, -0.15) is 13.2 Å². The predicted octanol–water partition coefficient (Wildman–Crippen LogP) is 6.23. The lowest BCUT2D eigenvalue weighted by molar-refractivity contribution is -0.138. The van der Waals surface area contributed by atoms with Gasteiger partial charge < -0.3 is 9.64 Å². The normalized spacial score (nSPS) is 16.3. The molecule has 0 aliphatic carbocycles. The molecule has 0 amide bonds. The minimum Gasteiger partial charge on any atom is -0.439 e. The minimum atomic E-state index is -4.40. The Labute approximate surface area is 194 Å². The molecule has 172 valence electrons. The molecule has 0 bridgehead atoms. The average Bonchev–Trinajstić information content (AvgIpc) is 3.43. The minimum absolute atomic E-state index is 0.279. The van der Waals surface area contributed by atoms with Crippen LogP contribution in [0.4, 0.5) is 24.5 Å². The summed E-state index contributed by atoms with van der Waals surface area (Å²) in [4.78, 5) is 11.9. The van der Waals surface area contributed by atoms with Crippen LogP contribution < -0.4 is 9.64 Å². The van der Waals surface area contributed by atoms with Crippen LogP contribution in [0.5, 0.6) is 11.6 Å². The maximum absolute atomic E-state index is 13.9. The van der Waals surface area contributed by atoms with Crippen molar-refractivity contribution in [1.82, 2.24) is 14.9 Å². The van der Waals surface area contributed by atoms with Crippen molar-refractivity contribution < 1.29 is 17.9 Å². The van der Waals surface area contributed by atoms with Crippen LogP contribution in [0, 0.1) is 0 Å². The second kappa shape index (κ2) is 8.83. The van der Waals surface area contributed by atoms with E-state index in [9.17, 15) is 13.2 Å². The lowest BCUT2D eigenvalue weighted by atomic mass is 10.0. The van der Waals surface area contributed by atoms with E-state index in [1.54, 1.807) is 18.2 Å². The molecule has 3 aromatic rings. The Morgan fingerprint density at radius 2 is 1.79 bits per heavy atom. The van der Waals surface area contributed by atoms with Gasteiger partial charge >= 0.3 is 6.18 Å². The van der Waals surface area contributed by atoms with Crippen molar-refractivity contribution in [2.75, 3.05) is 24.5 Å². The highest BCUT2D eigenvalue weighted by atomic mass is 35.5. The summed E-state index contributed by atoms with van der Waals surface area (Å²) in [6, 6.07) is 11.8. The van der Waals surface area contributed by atoms with Crippen molar-refractivity contribution in [2.45, 2.75) is 32.0 Å². The molecule has 2 aromatic carbocycles. The summed E-state index contributed by atoms with van der Waals surface area (Å²) in [5.74, 6) is 0.913. The van der Waals surface area contributed by atoms with Crippen molar-refractivity contribution in [2.24, 2.45) is 0 Å². The Morgan fingerprint density at radius 3 is 2.55 bits per heavy atom. The van der Waals surface area contributed by atoms with Crippen LogP contribution in [-0.4, -0.2) is 34.5 Å². The molecule has 1 aromatic heterocycles. The van der Waals surface area contributed by atoms with Crippen LogP contribution in [0.2, 0.25) is 5.15 Å². The van der Waals surface area contributed by atoms with Gasteiger partial charge in [-0.05, 0) is 73.8 Å². The first-order valence-corrected chi connectivity index (χ1v) is 11.2. The Kier molecular flexibility index (Phi) is 5.88. The molecule has 0 N–H and O–H groups in total. The standard InChI is InChI=1S/C24H22ClF3N4O/c25-22-13-23(30-15-29-22)33-19-5-6-21-16(11-19)7-10-32(21)18-4-3-17(14-31-8-1-2-9-31)20(12-18)24(26,27)28/h3-6,11-13,15H,1-2,7-10,14H2. The number of likely N-dealkylation sites (tertiary alicyclic amines) is 1. The van der Waals surface area contributed by atoms with E-state index in [2.05, 4.69) is 14.9 Å². The van der Waals surface area contributed by atoms with Crippen molar-refractivity contribution in [3.8, 4) is 11.6 Å². The summed E-state index contributed by atoms with van der Waals surface area (Å²) in [6.45, 7) is 2.63. The molecule has 5 rings (SSSR count). The Bertz CT molecular complexity index is 1160. The second-order valence-corrected chi connectivity index (χ2v) is 8.68. The molecule has 0 spiro atoms. The zero-order valence-corrected chi connectivity index (χ0v) is 18.5. The summed E-state index contributed by atoms with van der Waals surface area (Å²) in [5, 5.41) is 0.279. The van der Waals surface area contributed by atoms with Gasteiger partial charge in [-0.15, -0.1) is 0 Å². The number of fused-ring (bicyclic) bond motifs is 1. The molecule has 1 fully saturated rings. The summed E-state index contributed by atoms with van der Waals surface area (Å²) < 4.78 is 47.5. The van der Waals surface area contributed by atoms with E-state index >= 15 is 0 Å². The van der Waals surface area contributed by atoms with Gasteiger partial charge in [0.1, 0.15) is 17.2 Å². The average molecular weight is 475 g/mol. The van der Waals surface area contributed by atoms with E-state index < -0.39 is 11.7 Å². The molecule has 0 atom stereocenters. The van der Waals surface area contributed by atoms with E-state index in [-0.39, 0.29) is 5.15 Å². The van der Waals surface area contributed by atoms with Crippen LogP contribution in [-0.2, 0) is 19.1 Å². The number of nitrogens with zero attached hydrogens (tertiary/aromatic N) is 4. The van der Waals surface area contributed by atoms with Gasteiger partial charge in [0.25, 0.3) is 0 Å². The fraction of sp³-hybridized carbons (Fsp3) is 0.333. The van der Waals surface area contributed by atoms with Crippen molar-refractivity contribution >= 4 is 23.0 Å². The number of anilines is 2. The third-order valence-corrected chi connectivity index (χ3v) is 6.29. The number of halogens is 4. The van der Waals surface area contributed by atoms with Gasteiger partial charge in [-0.3, -0.25) is 4.90 Å². The SMILES string of the molecule is FC(F)(F)c1cc(N2CCc3cc(Oc4cc(Cl)ncn4)ccc32)ccc1CN1CCCC1. The zero-order chi connectivity index (χ0) is 23.0. The number of hydrogen-bond acceptors (Lipinski definition) is 5. The lowest BCUT2D eigenvalue weighted by Gasteiger charge is -2.24. The van der Waals surface area contributed by atoms with E-state index in [1.165, 1.54) is 18.5 Å². The first kappa shape index (κ1) is 22.0. The van der Waals surface area contributed by atoms with Gasteiger partial charge in [0, 0.05) is 30.5 Å². The van der Waals surface area contributed by atoms with Gasteiger partial charge in [0.15, 0.2) is 0 Å². The first-order valence-electron chi connectivity index (χ1n) is 10.9. The number of alkyl halides is 3. The third-order valence-electron chi connectivity index (χ3n) is 6.08. The van der Waals surface area contributed by atoms with Crippen LogP contribution in [0.15, 0.2) is 48.8 Å². The number of hydrogen-bond donors (Lipinski definition) is 0. The van der Waals surface area contributed by atoms with E-state index in [1.807, 2.05) is 17.0 Å². The van der Waals surface area contributed by atoms with Crippen LogP contribution in [0.1, 0.15) is 29.5 Å². The zero-order valence-electron chi connectivity index (χ0n) is 17.8. The van der Waals surface area contributed by atoms with Crippen LogP contribution >= 0.6 is 11.6 Å². The Hall–Kier alpha value is -2.84. The smallest absolute Gasteiger partial charge is 0.416 e. The van der Waals surface area contributed by atoms with Gasteiger partial charge in [0.2, 0.25) is 5.88 Å². The monoisotopic (exact) mass is 474 g/mol. The molecule has 33 heavy (non-hydrogen) atoms. The predicted molar refractivity (Wildman–Crippen MR) is 120 cm³/mol. The molecule has 0 saturated carbocycles. The highest BCUT2D eigenvalue weighted by molar-refractivity contribution is 6.29. The van der Waals surface area contributed by atoms with E-state index in [0.717, 1.165) is 37.2 Å². The maximum atomic E-state index is 13.9. The van der Waals surface area contributed by atoms with Gasteiger partial charge in [0.05, 0.1) is 5.56 Å². The topological polar surface area (TPSA) is 41.5 Å². The van der Waals surface area contributed by atoms with Gasteiger partial charge in [-0.1, -0.05) is 17.7 Å². The molecule has 3 heterocycles. The lowest BCUT2D eigenvalue weighted by Crippen LogP contribution is -2.22. The van der Waals surface area contributed by atoms with Crippen LogP contribution in [0.25, 0.3) is 0 Å². The quantitative estimate of drug-likeness (QED) is 0.410. The fourth-order valence-corrected chi connectivity index (χ4v) is 4.66.